The van der Waals surface area contributed by atoms with E-state index in [1.54, 1.807) is 5.57 Å². The van der Waals surface area contributed by atoms with Gasteiger partial charge in [0.1, 0.15) is 0 Å². The Morgan fingerprint density at radius 1 is 1.09 bits per heavy atom. The molecular formula is C29H47NO2. The van der Waals surface area contributed by atoms with Crippen molar-refractivity contribution < 1.29 is 9.90 Å². The Bertz CT molecular complexity index is 739. The van der Waals surface area contributed by atoms with Crippen molar-refractivity contribution in [1.29, 1.82) is 0 Å². The summed E-state index contributed by atoms with van der Waals surface area (Å²) in [5.41, 5.74) is 2.39. The van der Waals surface area contributed by atoms with Crippen LogP contribution in [0.15, 0.2) is 11.6 Å². The van der Waals surface area contributed by atoms with E-state index >= 15 is 0 Å². The van der Waals surface area contributed by atoms with Gasteiger partial charge in [-0.3, -0.25) is 4.79 Å². The lowest BCUT2D eigenvalue weighted by Gasteiger charge is -2.58. The largest absolute Gasteiger partial charge is 0.393 e. The van der Waals surface area contributed by atoms with Crippen molar-refractivity contribution in [2.45, 2.75) is 110 Å². The molecule has 0 aromatic rings. The molecule has 1 saturated heterocycles. The molecule has 3 heteroatoms. The number of hydrogen-bond donors (Lipinski definition) is 1. The van der Waals surface area contributed by atoms with Gasteiger partial charge in [-0.25, -0.2) is 0 Å². The molecule has 0 bridgehead atoms. The monoisotopic (exact) mass is 441 g/mol. The van der Waals surface area contributed by atoms with Crippen LogP contribution in [-0.2, 0) is 4.79 Å². The number of rotatable bonds is 4. The van der Waals surface area contributed by atoms with Crippen LogP contribution in [0.5, 0.6) is 0 Å². The highest BCUT2D eigenvalue weighted by Gasteiger charge is 2.59. The van der Waals surface area contributed by atoms with E-state index in [9.17, 15) is 9.90 Å². The number of aliphatic hydroxyl groups excluding tert-OH is 1. The normalized spacial score (nSPS) is 44.8. The van der Waals surface area contributed by atoms with Crippen LogP contribution in [0.25, 0.3) is 0 Å². The smallest absolute Gasteiger partial charge is 0.222 e. The standard InChI is InChI=1S/C29H47NO2/c1-20(7-12-27(32)30-17-5-4-6-18-30)24-10-11-25-23-9-8-21-19-22(31)13-15-28(21,2)26(23)14-16-29(24,25)3/h8,20,22-26,31H,4-7,9-19H2,1-3H3/t20-,22+,23+,24-,25?,26?,28+,29-/m1/s1. The second-order valence-electron chi connectivity index (χ2n) is 12.8. The van der Waals surface area contributed by atoms with Crippen LogP contribution in [0.3, 0.4) is 0 Å². The number of amides is 1. The summed E-state index contributed by atoms with van der Waals surface area (Å²) >= 11 is 0. The first kappa shape index (κ1) is 22.9. The lowest BCUT2D eigenvalue weighted by Crippen LogP contribution is -2.50. The van der Waals surface area contributed by atoms with Crippen molar-refractivity contribution >= 4 is 5.91 Å². The van der Waals surface area contributed by atoms with Gasteiger partial charge in [-0.1, -0.05) is 32.4 Å². The zero-order valence-corrected chi connectivity index (χ0v) is 21.0. The van der Waals surface area contributed by atoms with Crippen LogP contribution >= 0.6 is 0 Å². The molecule has 3 saturated carbocycles. The third kappa shape index (κ3) is 3.79. The highest BCUT2D eigenvalue weighted by atomic mass is 16.3. The van der Waals surface area contributed by atoms with Gasteiger partial charge in [0.2, 0.25) is 5.91 Å². The first-order chi connectivity index (χ1) is 15.3. The first-order valence-corrected chi connectivity index (χ1v) is 14.0. The molecule has 3 nitrogen and oxygen atoms in total. The average Bonchev–Trinajstić information content (AvgIpc) is 3.15. The topological polar surface area (TPSA) is 40.5 Å². The molecule has 1 N–H and O–H groups in total. The molecular weight excluding hydrogens is 394 g/mol. The van der Waals surface area contributed by atoms with E-state index in [2.05, 4.69) is 31.7 Å². The fourth-order valence-corrected chi connectivity index (χ4v) is 9.47. The van der Waals surface area contributed by atoms with Gasteiger partial charge < -0.3 is 10.0 Å². The molecule has 0 aromatic heterocycles. The minimum Gasteiger partial charge on any atom is -0.393 e. The maximum absolute atomic E-state index is 12.8. The quantitative estimate of drug-likeness (QED) is 0.516. The van der Waals surface area contributed by atoms with Gasteiger partial charge in [0.05, 0.1) is 6.10 Å². The van der Waals surface area contributed by atoms with Crippen LogP contribution in [0.2, 0.25) is 0 Å². The van der Waals surface area contributed by atoms with Crippen LogP contribution < -0.4 is 0 Å². The van der Waals surface area contributed by atoms with E-state index in [0.29, 0.717) is 22.7 Å². The molecule has 8 atom stereocenters. The lowest BCUT2D eigenvalue weighted by atomic mass is 9.47. The Morgan fingerprint density at radius 2 is 1.88 bits per heavy atom. The predicted octanol–water partition coefficient (Wildman–Crippen LogP) is 6.36. The summed E-state index contributed by atoms with van der Waals surface area (Å²) < 4.78 is 0. The van der Waals surface area contributed by atoms with Crippen LogP contribution in [0.1, 0.15) is 104 Å². The van der Waals surface area contributed by atoms with Gasteiger partial charge in [-0.05, 0) is 117 Å². The molecule has 5 rings (SSSR count). The van der Waals surface area contributed by atoms with E-state index in [-0.39, 0.29) is 6.10 Å². The van der Waals surface area contributed by atoms with Crippen molar-refractivity contribution in [2.24, 2.45) is 40.4 Å². The number of aliphatic hydroxyl groups is 1. The molecule has 1 amide bonds. The van der Waals surface area contributed by atoms with Crippen molar-refractivity contribution in [3.8, 4) is 0 Å². The molecule has 32 heavy (non-hydrogen) atoms. The summed E-state index contributed by atoms with van der Waals surface area (Å²) in [6.07, 6.45) is 17.8. The molecule has 180 valence electrons. The minimum atomic E-state index is -0.107. The summed E-state index contributed by atoms with van der Waals surface area (Å²) in [4.78, 5) is 14.9. The maximum Gasteiger partial charge on any atom is 0.222 e. The third-order valence-corrected chi connectivity index (χ3v) is 11.4. The number of allylic oxidation sites excluding steroid dienone is 1. The lowest BCUT2D eigenvalue weighted by molar-refractivity contribution is -0.132. The molecule has 4 aliphatic carbocycles. The van der Waals surface area contributed by atoms with Crippen molar-refractivity contribution in [1.82, 2.24) is 4.90 Å². The highest BCUT2D eigenvalue weighted by molar-refractivity contribution is 5.76. The summed E-state index contributed by atoms with van der Waals surface area (Å²) in [6, 6.07) is 0. The van der Waals surface area contributed by atoms with E-state index in [1.807, 2.05) is 0 Å². The fourth-order valence-electron chi connectivity index (χ4n) is 9.47. The number of carbonyl (C=O) groups excluding carboxylic acids is 1. The number of likely N-dealkylation sites (tertiary alicyclic amines) is 1. The second kappa shape index (κ2) is 8.75. The van der Waals surface area contributed by atoms with Crippen LogP contribution in [-0.4, -0.2) is 35.1 Å². The molecule has 2 unspecified atom stereocenters. The van der Waals surface area contributed by atoms with Crippen molar-refractivity contribution in [3.05, 3.63) is 11.6 Å². The van der Waals surface area contributed by atoms with Gasteiger partial charge in [0.25, 0.3) is 0 Å². The number of piperidine rings is 1. The first-order valence-electron chi connectivity index (χ1n) is 14.0. The number of nitrogens with zero attached hydrogens (tertiary/aromatic N) is 1. The Balaban J connectivity index is 1.25. The molecule has 0 spiro atoms. The molecule has 0 radical (unpaired) electrons. The maximum atomic E-state index is 12.8. The van der Waals surface area contributed by atoms with E-state index < -0.39 is 0 Å². The molecule has 1 aliphatic heterocycles. The van der Waals surface area contributed by atoms with E-state index in [1.165, 1.54) is 57.8 Å². The number of hydrogen-bond acceptors (Lipinski definition) is 2. The average molecular weight is 442 g/mol. The summed E-state index contributed by atoms with van der Waals surface area (Å²) in [6.45, 7) is 9.60. The van der Waals surface area contributed by atoms with Crippen molar-refractivity contribution in [3.63, 3.8) is 0 Å². The summed E-state index contributed by atoms with van der Waals surface area (Å²) in [5, 5.41) is 10.3. The van der Waals surface area contributed by atoms with Gasteiger partial charge in [0.15, 0.2) is 0 Å². The Hall–Kier alpha value is -0.830. The minimum absolute atomic E-state index is 0.107. The van der Waals surface area contributed by atoms with Gasteiger partial charge >= 0.3 is 0 Å². The number of carbonyl (C=O) groups is 1. The summed E-state index contributed by atoms with van der Waals surface area (Å²) in [7, 11) is 0. The summed E-state index contributed by atoms with van der Waals surface area (Å²) in [5.74, 6) is 4.37. The molecule has 4 fully saturated rings. The molecule has 5 aliphatic rings. The van der Waals surface area contributed by atoms with Crippen LogP contribution in [0, 0.1) is 40.4 Å². The Labute approximate surface area is 196 Å². The second-order valence-corrected chi connectivity index (χ2v) is 12.8. The molecule has 1 heterocycles. The van der Waals surface area contributed by atoms with Crippen molar-refractivity contribution in [2.75, 3.05) is 13.1 Å². The van der Waals surface area contributed by atoms with Gasteiger partial charge in [-0.15, -0.1) is 0 Å². The SMILES string of the molecule is C[C@H](CCC(=O)N1CCCCC1)[C@H]1CCC2[C@@H]3CC=C4C[C@@H](O)CC[C@]4(C)C3CC[C@@]21C. The van der Waals surface area contributed by atoms with E-state index in [4.69, 9.17) is 0 Å². The van der Waals surface area contributed by atoms with Crippen LogP contribution in [0.4, 0.5) is 0 Å². The highest BCUT2D eigenvalue weighted by Crippen LogP contribution is 2.67. The van der Waals surface area contributed by atoms with Gasteiger partial charge in [-0.2, -0.15) is 0 Å². The van der Waals surface area contributed by atoms with Gasteiger partial charge in [0, 0.05) is 19.5 Å². The zero-order valence-electron chi connectivity index (χ0n) is 21.0. The third-order valence-electron chi connectivity index (χ3n) is 11.4. The van der Waals surface area contributed by atoms with E-state index in [0.717, 1.165) is 62.4 Å². The predicted molar refractivity (Wildman–Crippen MR) is 130 cm³/mol. The fraction of sp³-hybridized carbons (Fsp3) is 0.897. The number of fused-ring (bicyclic) bond motifs is 5. The zero-order chi connectivity index (χ0) is 22.5. The Morgan fingerprint density at radius 3 is 2.66 bits per heavy atom. The Kier molecular flexibility index (Phi) is 6.27. The molecule has 0 aromatic carbocycles.